The molecule has 0 radical (unpaired) electrons. The van der Waals surface area contributed by atoms with Gasteiger partial charge >= 0.3 is 23.9 Å². The number of esters is 4. The van der Waals surface area contributed by atoms with Crippen LogP contribution in [0.5, 0.6) is 0 Å². The first-order chi connectivity index (χ1) is 14.3. The van der Waals surface area contributed by atoms with Crippen molar-refractivity contribution in [3.63, 3.8) is 0 Å². The Kier molecular flexibility index (Phi) is 15.5. The Bertz CT molecular complexity index is 505. The van der Waals surface area contributed by atoms with E-state index < -0.39 is 42.3 Å². The highest BCUT2D eigenvalue weighted by molar-refractivity contribution is 5.92. The third-order valence-electron chi connectivity index (χ3n) is 4.25. The molecular weight excluding hydrogens is 392 g/mol. The first-order valence-corrected chi connectivity index (χ1v) is 11.0. The summed E-state index contributed by atoms with van der Waals surface area (Å²) in [5, 5.41) is 0. The molecule has 0 rings (SSSR count). The van der Waals surface area contributed by atoms with E-state index in [-0.39, 0.29) is 26.2 Å². The highest BCUT2D eigenvalue weighted by Gasteiger charge is 2.49. The van der Waals surface area contributed by atoms with E-state index in [1.54, 1.807) is 6.92 Å². The second-order valence-electron chi connectivity index (χ2n) is 7.21. The number of ether oxygens (including phenoxy) is 4. The Morgan fingerprint density at radius 3 is 1.43 bits per heavy atom. The van der Waals surface area contributed by atoms with Gasteiger partial charge in [0.05, 0.1) is 32.7 Å². The monoisotopic (exact) mass is 430 g/mol. The van der Waals surface area contributed by atoms with Crippen molar-refractivity contribution in [1.82, 2.24) is 0 Å². The maximum absolute atomic E-state index is 12.9. The van der Waals surface area contributed by atoms with Crippen LogP contribution in [0.1, 0.15) is 91.9 Å². The fourth-order valence-corrected chi connectivity index (χ4v) is 2.46. The summed E-state index contributed by atoms with van der Waals surface area (Å²) in [5.41, 5.74) is -2.09. The third kappa shape index (κ3) is 11.8. The summed E-state index contributed by atoms with van der Waals surface area (Å²) >= 11 is 0. The summed E-state index contributed by atoms with van der Waals surface area (Å²) < 4.78 is 20.9. The van der Waals surface area contributed by atoms with E-state index >= 15 is 0 Å². The number of hydrogen-bond acceptors (Lipinski definition) is 8. The predicted molar refractivity (Wildman–Crippen MR) is 111 cm³/mol. The van der Waals surface area contributed by atoms with Gasteiger partial charge in [-0.05, 0) is 25.7 Å². The lowest BCUT2D eigenvalue weighted by Gasteiger charge is -2.29. The zero-order valence-electron chi connectivity index (χ0n) is 19.0. The van der Waals surface area contributed by atoms with Crippen molar-refractivity contribution in [2.45, 2.75) is 97.5 Å². The summed E-state index contributed by atoms with van der Waals surface area (Å²) in [6.45, 7) is 8.06. The van der Waals surface area contributed by atoms with Crippen LogP contribution in [0, 0.1) is 0 Å². The van der Waals surface area contributed by atoms with E-state index in [2.05, 4.69) is 0 Å². The van der Waals surface area contributed by atoms with Crippen LogP contribution in [0.4, 0.5) is 0 Å². The van der Waals surface area contributed by atoms with E-state index in [0.29, 0.717) is 25.7 Å². The molecule has 0 aliphatic carbocycles. The van der Waals surface area contributed by atoms with Crippen LogP contribution in [0.3, 0.4) is 0 Å². The van der Waals surface area contributed by atoms with Gasteiger partial charge in [0.2, 0.25) is 5.60 Å². The van der Waals surface area contributed by atoms with E-state index in [1.165, 1.54) is 0 Å². The lowest BCUT2D eigenvalue weighted by molar-refractivity contribution is -0.191. The standard InChI is InChI=1S/C22H38O8/c1-5-9-13-27-19(24)16-22(30-18(23)12-8-4,21(26)29-15-11-7-3)17-20(25)28-14-10-6-2/h5-17H2,1-4H3. The fraction of sp³-hybridized carbons (Fsp3) is 0.818. The van der Waals surface area contributed by atoms with Crippen molar-refractivity contribution in [1.29, 1.82) is 0 Å². The van der Waals surface area contributed by atoms with E-state index in [1.807, 2.05) is 20.8 Å². The number of rotatable bonds is 17. The quantitative estimate of drug-likeness (QED) is 0.194. The second kappa shape index (κ2) is 16.7. The molecule has 0 aromatic carbocycles. The topological polar surface area (TPSA) is 105 Å². The molecule has 0 atom stereocenters. The van der Waals surface area contributed by atoms with Crippen LogP contribution in [-0.4, -0.2) is 49.3 Å². The van der Waals surface area contributed by atoms with Crippen molar-refractivity contribution in [2.75, 3.05) is 19.8 Å². The van der Waals surface area contributed by atoms with Gasteiger partial charge in [0.25, 0.3) is 0 Å². The number of carbonyl (C=O) groups excluding carboxylic acids is 4. The molecule has 0 fully saturated rings. The Labute approximate surface area is 180 Å². The molecule has 8 nitrogen and oxygen atoms in total. The van der Waals surface area contributed by atoms with Crippen molar-refractivity contribution >= 4 is 23.9 Å². The van der Waals surface area contributed by atoms with Gasteiger partial charge in [0, 0.05) is 6.42 Å². The van der Waals surface area contributed by atoms with Gasteiger partial charge in [0.1, 0.15) is 0 Å². The van der Waals surface area contributed by atoms with Gasteiger partial charge < -0.3 is 18.9 Å². The highest BCUT2D eigenvalue weighted by atomic mass is 16.6. The lowest BCUT2D eigenvalue weighted by Crippen LogP contribution is -2.48. The van der Waals surface area contributed by atoms with Crippen molar-refractivity contribution in [2.24, 2.45) is 0 Å². The molecule has 0 unspecified atom stereocenters. The van der Waals surface area contributed by atoms with Crippen LogP contribution in [0.25, 0.3) is 0 Å². The van der Waals surface area contributed by atoms with Gasteiger partial charge in [-0.3, -0.25) is 14.4 Å². The van der Waals surface area contributed by atoms with Gasteiger partial charge in [-0.25, -0.2) is 4.79 Å². The highest BCUT2D eigenvalue weighted by Crippen LogP contribution is 2.26. The average molecular weight is 431 g/mol. The van der Waals surface area contributed by atoms with Crippen LogP contribution in [-0.2, 0) is 38.1 Å². The molecular formula is C22H38O8. The van der Waals surface area contributed by atoms with Gasteiger partial charge in [0.15, 0.2) is 0 Å². The Morgan fingerprint density at radius 2 is 1.03 bits per heavy atom. The molecule has 0 spiro atoms. The van der Waals surface area contributed by atoms with Gasteiger partial charge in [-0.15, -0.1) is 0 Å². The SMILES string of the molecule is CCCCOC(=O)CC(CC(=O)OCCCC)(OC(=O)CCC)C(=O)OCCCC. The van der Waals surface area contributed by atoms with E-state index in [0.717, 1.165) is 19.3 Å². The lowest BCUT2D eigenvalue weighted by atomic mass is 9.94. The minimum atomic E-state index is -2.09. The number of hydrogen-bond donors (Lipinski definition) is 0. The normalized spacial score (nSPS) is 10.9. The minimum absolute atomic E-state index is 0.0414. The summed E-state index contributed by atoms with van der Waals surface area (Å²) in [4.78, 5) is 49.9. The molecule has 174 valence electrons. The Hall–Kier alpha value is -2.12. The molecule has 0 N–H and O–H groups in total. The van der Waals surface area contributed by atoms with Crippen molar-refractivity contribution < 1.29 is 38.1 Å². The smallest absolute Gasteiger partial charge is 0.351 e. The molecule has 0 amide bonds. The molecule has 0 saturated heterocycles. The number of unbranched alkanes of at least 4 members (excludes halogenated alkanes) is 3. The van der Waals surface area contributed by atoms with Crippen LogP contribution >= 0.6 is 0 Å². The molecule has 30 heavy (non-hydrogen) atoms. The fourth-order valence-electron chi connectivity index (χ4n) is 2.46. The maximum atomic E-state index is 12.9. The maximum Gasteiger partial charge on any atom is 0.351 e. The second-order valence-corrected chi connectivity index (χ2v) is 7.21. The van der Waals surface area contributed by atoms with Gasteiger partial charge in [-0.1, -0.05) is 47.0 Å². The third-order valence-corrected chi connectivity index (χ3v) is 4.25. The molecule has 0 aliphatic heterocycles. The number of carbonyl (C=O) groups is 4. The summed E-state index contributed by atoms with van der Waals surface area (Å²) in [5.74, 6) is -3.09. The summed E-state index contributed by atoms with van der Waals surface area (Å²) in [6.07, 6.45) is 3.70. The molecule has 0 heterocycles. The Morgan fingerprint density at radius 1 is 0.600 bits per heavy atom. The largest absolute Gasteiger partial charge is 0.466 e. The summed E-state index contributed by atoms with van der Waals surface area (Å²) in [6, 6.07) is 0. The molecule has 8 heteroatoms. The average Bonchev–Trinajstić information content (AvgIpc) is 2.68. The first kappa shape index (κ1) is 27.9. The van der Waals surface area contributed by atoms with Gasteiger partial charge in [-0.2, -0.15) is 0 Å². The van der Waals surface area contributed by atoms with E-state index in [4.69, 9.17) is 18.9 Å². The van der Waals surface area contributed by atoms with Crippen LogP contribution < -0.4 is 0 Å². The molecule has 0 aliphatic rings. The van der Waals surface area contributed by atoms with Crippen molar-refractivity contribution in [3.8, 4) is 0 Å². The zero-order chi connectivity index (χ0) is 22.8. The van der Waals surface area contributed by atoms with Crippen LogP contribution in [0.15, 0.2) is 0 Å². The molecule has 0 saturated carbocycles. The predicted octanol–water partition coefficient (Wildman–Crippen LogP) is 3.88. The minimum Gasteiger partial charge on any atom is -0.466 e. The first-order valence-electron chi connectivity index (χ1n) is 11.0. The molecule has 0 bridgehead atoms. The van der Waals surface area contributed by atoms with E-state index in [9.17, 15) is 19.2 Å². The zero-order valence-corrected chi connectivity index (χ0v) is 19.0. The van der Waals surface area contributed by atoms with Crippen LogP contribution in [0.2, 0.25) is 0 Å². The molecule has 0 aromatic heterocycles. The van der Waals surface area contributed by atoms with Crippen molar-refractivity contribution in [3.05, 3.63) is 0 Å². The molecule has 0 aromatic rings. The Balaban J connectivity index is 5.60. The summed E-state index contributed by atoms with van der Waals surface area (Å²) in [7, 11) is 0.